The summed E-state index contributed by atoms with van der Waals surface area (Å²) in [5.74, 6) is -2.45. The molecule has 5 nitrogen and oxygen atoms in total. The fourth-order valence-electron chi connectivity index (χ4n) is 2.01. The number of carbonyl (C=O) groups is 2. The highest BCUT2D eigenvalue weighted by Gasteiger charge is 2.24. The number of aliphatic hydroxyl groups is 1. The van der Waals surface area contributed by atoms with Crippen LogP contribution in [0.15, 0.2) is 35.0 Å². The molecule has 0 bridgehead atoms. The van der Waals surface area contributed by atoms with Gasteiger partial charge in [-0.25, -0.2) is 4.39 Å². The van der Waals surface area contributed by atoms with Gasteiger partial charge in [0.05, 0.1) is 10.6 Å². The number of nitrogens with one attached hydrogen (secondary N) is 2. The lowest BCUT2D eigenvalue weighted by atomic mass is 9.98. The average molecular weight is 371 g/mol. The van der Waals surface area contributed by atoms with Crippen molar-refractivity contribution in [1.82, 2.24) is 5.32 Å². The number of amides is 2. The van der Waals surface area contributed by atoms with Crippen LogP contribution in [0.4, 0.5) is 10.1 Å². The van der Waals surface area contributed by atoms with Crippen molar-refractivity contribution < 1.29 is 19.1 Å². The van der Waals surface area contributed by atoms with E-state index >= 15 is 0 Å². The standard InChI is InChI=1S/C16H16ClFN2O3S/c1-16(23,7-10-4-5-24-8-10)9-19-14(21)15(22)20-11-2-3-13(18)12(17)6-11/h2-6,8,23H,7,9H2,1H3,(H,19,21)(H,20,22). The van der Waals surface area contributed by atoms with E-state index in [0.717, 1.165) is 11.6 Å². The predicted octanol–water partition coefficient (Wildman–Crippen LogP) is 2.59. The van der Waals surface area contributed by atoms with Gasteiger partial charge in [0, 0.05) is 18.7 Å². The molecule has 0 radical (unpaired) electrons. The second-order valence-corrected chi connectivity index (χ2v) is 6.76. The van der Waals surface area contributed by atoms with Crippen LogP contribution in [0, 0.1) is 5.82 Å². The molecular formula is C16H16ClFN2O3S. The topological polar surface area (TPSA) is 78.4 Å². The number of benzene rings is 1. The Kier molecular flexibility index (Phi) is 5.93. The quantitative estimate of drug-likeness (QED) is 0.708. The highest BCUT2D eigenvalue weighted by Crippen LogP contribution is 2.19. The molecule has 0 aliphatic heterocycles. The van der Waals surface area contributed by atoms with E-state index in [2.05, 4.69) is 10.6 Å². The first-order chi connectivity index (χ1) is 11.3. The van der Waals surface area contributed by atoms with Gasteiger partial charge >= 0.3 is 11.8 Å². The lowest BCUT2D eigenvalue weighted by molar-refractivity contribution is -0.136. The summed E-state index contributed by atoms with van der Waals surface area (Å²) in [6.07, 6.45) is 0.353. The summed E-state index contributed by atoms with van der Waals surface area (Å²) in [6, 6.07) is 5.46. The molecule has 1 aromatic heterocycles. The zero-order valence-electron chi connectivity index (χ0n) is 12.8. The third kappa shape index (κ3) is 5.30. The van der Waals surface area contributed by atoms with E-state index in [1.807, 2.05) is 16.8 Å². The third-order valence-electron chi connectivity index (χ3n) is 3.18. The van der Waals surface area contributed by atoms with Gasteiger partial charge in [-0.2, -0.15) is 11.3 Å². The van der Waals surface area contributed by atoms with Crippen LogP contribution in [0.1, 0.15) is 12.5 Å². The molecule has 2 aromatic rings. The Morgan fingerprint density at radius 3 is 2.71 bits per heavy atom. The van der Waals surface area contributed by atoms with Gasteiger partial charge in [0.1, 0.15) is 5.82 Å². The van der Waals surface area contributed by atoms with Crippen molar-refractivity contribution >= 4 is 40.4 Å². The highest BCUT2D eigenvalue weighted by molar-refractivity contribution is 7.07. The van der Waals surface area contributed by atoms with Gasteiger partial charge in [0.2, 0.25) is 0 Å². The molecule has 1 aromatic carbocycles. The smallest absolute Gasteiger partial charge is 0.313 e. The Morgan fingerprint density at radius 1 is 1.33 bits per heavy atom. The zero-order valence-corrected chi connectivity index (χ0v) is 14.4. The molecule has 128 valence electrons. The van der Waals surface area contributed by atoms with Crippen molar-refractivity contribution in [3.05, 3.63) is 51.4 Å². The van der Waals surface area contributed by atoms with E-state index < -0.39 is 23.2 Å². The van der Waals surface area contributed by atoms with Crippen LogP contribution in [0.3, 0.4) is 0 Å². The number of carbonyl (C=O) groups excluding carboxylic acids is 2. The highest BCUT2D eigenvalue weighted by atomic mass is 35.5. The van der Waals surface area contributed by atoms with Gasteiger partial charge in [-0.05, 0) is 47.5 Å². The zero-order chi connectivity index (χ0) is 17.7. The SMILES string of the molecule is CC(O)(CNC(=O)C(=O)Nc1ccc(F)c(Cl)c1)Cc1ccsc1. The molecule has 1 unspecified atom stereocenters. The molecule has 0 saturated heterocycles. The number of hydrogen-bond acceptors (Lipinski definition) is 4. The maximum atomic E-state index is 13.1. The van der Waals surface area contributed by atoms with Crippen molar-refractivity contribution in [2.75, 3.05) is 11.9 Å². The van der Waals surface area contributed by atoms with Crippen molar-refractivity contribution in [2.24, 2.45) is 0 Å². The summed E-state index contributed by atoms with van der Waals surface area (Å²) in [6.45, 7) is 1.49. The van der Waals surface area contributed by atoms with Crippen molar-refractivity contribution in [1.29, 1.82) is 0 Å². The van der Waals surface area contributed by atoms with Crippen LogP contribution in [0.5, 0.6) is 0 Å². The van der Waals surface area contributed by atoms with Gasteiger partial charge in [-0.3, -0.25) is 9.59 Å². The van der Waals surface area contributed by atoms with Gasteiger partial charge in [-0.15, -0.1) is 0 Å². The van der Waals surface area contributed by atoms with Crippen LogP contribution in [-0.4, -0.2) is 29.1 Å². The van der Waals surface area contributed by atoms with E-state index in [0.29, 0.717) is 6.42 Å². The van der Waals surface area contributed by atoms with Crippen LogP contribution in [0.25, 0.3) is 0 Å². The summed E-state index contributed by atoms with van der Waals surface area (Å²) in [4.78, 5) is 23.6. The Hall–Kier alpha value is -1.96. The van der Waals surface area contributed by atoms with E-state index in [1.54, 1.807) is 6.92 Å². The molecule has 1 heterocycles. The molecule has 24 heavy (non-hydrogen) atoms. The van der Waals surface area contributed by atoms with Crippen LogP contribution >= 0.6 is 22.9 Å². The minimum absolute atomic E-state index is 0.0841. The van der Waals surface area contributed by atoms with Crippen molar-refractivity contribution in [3.8, 4) is 0 Å². The Morgan fingerprint density at radius 2 is 2.08 bits per heavy atom. The van der Waals surface area contributed by atoms with Gasteiger partial charge in [0.15, 0.2) is 0 Å². The van der Waals surface area contributed by atoms with Gasteiger partial charge < -0.3 is 15.7 Å². The van der Waals surface area contributed by atoms with E-state index in [9.17, 15) is 19.1 Å². The summed E-state index contributed by atoms with van der Waals surface area (Å²) < 4.78 is 13.1. The van der Waals surface area contributed by atoms with Crippen LogP contribution < -0.4 is 10.6 Å². The van der Waals surface area contributed by atoms with Gasteiger partial charge in [0.25, 0.3) is 0 Å². The Labute approximate surface area is 147 Å². The molecular weight excluding hydrogens is 355 g/mol. The van der Waals surface area contributed by atoms with Crippen LogP contribution in [0.2, 0.25) is 5.02 Å². The molecule has 2 rings (SSSR count). The van der Waals surface area contributed by atoms with Crippen molar-refractivity contribution in [2.45, 2.75) is 18.9 Å². The molecule has 8 heteroatoms. The molecule has 0 aliphatic rings. The first-order valence-corrected chi connectivity index (χ1v) is 8.36. The van der Waals surface area contributed by atoms with Crippen LogP contribution in [-0.2, 0) is 16.0 Å². The molecule has 0 spiro atoms. The predicted molar refractivity (Wildman–Crippen MR) is 91.7 cm³/mol. The molecule has 0 fully saturated rings. The summed E-state index contributed by atoms with van der Waals surface area (Å²) >= 11 is 7.12. The molecule has 2 amide bonds. The Balaban J connectivity index is 1.87. The average Bonchev–Trinajstić information content (AvgIpc) is 3.00. The molecule has 0 saturated carbocycles. The summed E-state index contributed by atoms with van der Waals surface area (Å²) in [5.41, 5.74) is -0.0350. The number of rotatable bonds is 5. The third-order valence-corrected chi connectivity index (χ3v) is 4.20. The van der Waals surface area contributed by atoms with Gasteiger partial charge in [-0.1, -0.05) is 11.6 Å². The number of thiophene rings is 1. The normalized spacial score (nSPS) is 13.2. The largest absolute Gasteiger partial charge is 0.388 e. The first-order valence-electron chi connectivity index (χ1n) is 7.04. The molecule has 0 aliphatic carbocycles. The Bertz CT molecular complexity index is 735. The molecule has 1 atom stereocenters. The lowest BCUT2D eigenvalue weighted by Crippen LogP contribution is -2.45. The fourth-order valence-corrected chi connectivity index (χ4v) is 2.86. The maximum Gasteiger partial charge on any atom is 0.313 e. The second-order valence-electron chi connectivity index (χ2n) is 5.57. The monoisotopic (exact) mass is 370 g/mol. The van der Waals surface area contributed by atoms with E-state index in [1.165, 1.54) is 23.5 Å². The lowest BCUT2D eigenvalue weighted by Gasteiger charge is -2.23. The number of halogens is 2. The fraction of sp³-hybridized carbons (Fsp3) is 0.250. The van der Waals surface area contributed by atoms with E-state index in [-0.39, 0.29) is 17.3 Å². The first kappa shape index (κ1) is 18.4. The van der Waals surface area contributed by atoms with Crippen molar-refractivity contribution in [3.63, 3.8) is 0 Å². The molecule has 3 N–H and O–H groups in total. The maximum absolute atomic E-state index is 13.1. The minimum Gasteiger partial charge on any atom is -0.388 e. The number of anilines is 1. The summed E-state index contributed by atoms with van der Waals surface area (Å²) in [7, 11) is 0. The minimum atomic E-state index is -1.18. The number of hydrogen-bond donors (Lipinski definition) is 3. The van der Waals surface area contributed by atoms with E-state index in [4.69, 9.17) is 11.6 Å². The summed E-state index contributed by atoms with van der Waals surface area (Å²) in [5, 5.41) is 18.6. The second kappa shape index (κ2) is 7.74.